The molecule has 0 amide bonds. The van der Waals surface area contributed by atoms with Crippen LogP contribution in [-0.2, 0) is 6.18 Å². The van der Waals surface area contributed by atoms with Gasteiger partial charge < -0.3 is 5.32 Å². The summed E-state index contributed by atoms with van der Waals surface area (Å²) in [7, 11) is 0. The number of aromatic nitrogens is 5. The van der Waals surface area contributed by atoms with Crippen molar-refractivity contribution in [1.29, 1.82) is 0 Å². The normalized spacial score (nSPS) is 11.4. The second kappa shape index (κ2) is 7.34. The summed E-state index contributed by atoms with van der Waals surface area (Å²) in [4.78, 5) is 11.8. The van der Waals surface area contributed by atoms with Crippen LogP contribution in [0, 0.1) is 6.92 Å². The molecule has 0 saturated carbocycles. The van der Waals surface area contributed by atoms with Crippen molar-refractivity contribution >= 4 is 11.5 Å². The maximum Gasteiger partial charge on any atom is 0.433 e. The molecule has 1 aromatic carbocycles. The molecule has 1 N–H and O–H groups in total. The molecule has 146 valence electrons. The van der Waals surface area contributed by atoms with Crippen molar-refractivity contribution in [3.8, 4) is 17.1 Å². The number of benzene rings is 1. The largest absolute Gasteiger partial charge is 0.433 e. The van der Waals surface area contributed by atoms with Gasteiger partial charge in [0, 0.05) is 24.0 Å². The molecule has 0 fully saturated rings. The molecule has 3 aromatic heterocycles. The number of hydrogen-bond donors (Lipinski definition) is 1. The molecule has 0 spiro atoms. The van der Waals surface area contributed by atoms with E-state index in [1.165, 1.54) is 12.4 Å². The lowest BCUT2D eigenvalue weighted by molar-refractivity contribution is -0.141. The van der Waals surface area contributed by atoms with Crippen LogP contribution in [-0.4, -0.2) is 24.7 Å². The summed E-state index contributed by atoms with van der Waals surface area (Å²) in [5.74, 6) is -0.0207. The molecule has 0 atom stereocenters. The SMILES string of the molecule is Cc1c(Nc2cc(C(F)(F)F)nc(-c3ccncc3)n2)cnn1-c1ccccc1. The Morgan fingerprint density at radius 1 is 0.966 bits per heavy atom. The van der Waals surface area contributed by atoms with E-state index in [2.05, 4.69) is 25.4 Å². The van der Waals surface area contributed by atoms with Crippen molar-refractivity contribution in [2.45, 2.75) is 13.1 Å². The Kier molecular flexibility index (Phi) is 4.71. The molecule has 6 nitrogen and oxygen atoms in total. The zero-order valence-corrected chi connectivity index (χ0v) is 15.2. The average molecular weight is 396 g/mol. The first kappa shape index (κ1) is 18.6. The number of alkyl halides is 3. The second-order valence-corrected chi connectivity index (χ2v) is 6.21. The Bertz CT molecular complexity index is 1120. The van der Waals surface area contributed by atoms with Gasteiger partial charge in [-0.05, 0) is 31.2 Å². The highest BCUT2D eigenvalue weighted by atomic mass is 19.4. The number of halogens is 3. The van der Waals surface area contributed by atoms with Gasteiger partial charge in [-0.3, -0.25) is 4.98 Å². The first-order valence-electron chi connectivity index (χ1n) is 8.65. The number of pyridine rings is 1. The minimum atomic E-state index is -4.61. The van der Waals surface area contributed by atoms with E-state index in [0.29, 0.717) is 11.3 Å². The third kappa shape index (κ3) is 3.93. The van der Waals surface area contributed by atoms with Crippen molar-refractivity contribution in [3.63, 3.8) is 0 Å². The van der Waals surface area contributed by atoms with E-state index in [-0.39, 0.29) is 11.6 Å². The van der Waals surface area contributed by atoms with Crippen LogP contribution < -0.4 is 5.32 Å². The zero-order valence-electron chi connectivity index (χ0n) is 15.2. The molecule has 0 aliphatic rings. The Hall–Kier alpha value is -3.75. The molecule has 4 aromatic rings. The van der Waals surface area contributed by atoms with Gasteiger partial charge in [0.2, 0.25) is 0 Å². The summed E-state index contributed by atoms with van der Waals surface area (Å²) < 4.78 is 41.8. The number of anilines is 2. The van der Waals surface area contributed by atoms with E-state index >= 15 is 0 Å². The molecule has 4 rings (SSSR count). The van der Waals surface area contributed by atoms with Crippen molar-refractivity contribution in [2.24, 2.45) is 0 Å². The highest BCUT2D eigenvalue weighted by Gasteiger charge is 2.34. The number of hydrogen-bond acceptors (Lipinski definition) is 5. The van der Waals surface area contributed by atoms with Crippen molar-refractivity contribution in [1.82, 2.24) is 24.7 Å². The van der Waals surface area contributed by atoms with E-state index in [1.807, 2.05) is 37.3 Å². The Balaban J connectivity index is 1.73. The van der Waals surface area contributed by atoms with Gasteiger partial charge in [-0.1, -0.05) is 18.2 Å². The van der Waals surface area contributed by atoms with Crippen LogP contribution in [0.5, 0.6) is 0 Å². The molecule has 0 radical (unpaired) electrons. The Morgan fingerprint density at radius 3 is 2.38 bits per heavy atom. The first-order chi connectivity index (χ1) is 13.9. The van der Waals surface area contributed by atoms with Crippen LogP contribution in [0.25, 0.3) is 17.1 Å². The fourth-order valence-electron chi connectivity index (χ4n) is 2.79. The van der Waals surface area contributed by atoms with Gasteiger partial charge in [0.05, 0.1) is 23.3 Å². The third-order valence-electron chi connectivity index (χ3n) is 4.23. The van der Waals surface area contributed by atoms with Crippen molar-refractivity contribution < 1.29 is 13.2 Å². The minimum absolute atomic E-state index is 0.0230. The molecule has 0 unspecified atom stereocenters. The predicted molar refractivity (Wildman–Crippen MR) is 102 cm³/mol. The lowest BCUT2D eigenvalue weighted by Crippen LogP contribution is -2.11. The molecule has 0 aliphatic heterocycles. The summed E-state index contributed by atoms with van der Waals surface area (Å²) in [6.45, 7) is 1.82. The Labute approximate surface area is 164 Å². The molecule has 0 aliphatic carbocycles. The molecule has 3 heterocycles. The lowest BCUT2D eigenvalue weighted by Gasteiger charge is -2.12. The van der Waals surface area contributed by atoms with Crippen LogP contribution in [0.3, 0.4) is 0 Å². The van der Waals surface area contributed by atoms with Crippen LogP contribution in [0.1, 0.15) is 11.4 Å². The van der Waals surface area contributed by atoms with Gasteiger partial charge in [-0.25, -0.2) is 14.6 Å². The fraction of sp³-hybridized carbons (Fsp3) is 0.100. The van der Waals surface area contributed by atoms with Crippen LogP contribution in [0.2, 0.25) is 0 Å². The number of nitrogens with zero attached hydrogens (tertiary/aromatic N) is 5. The first-order valence-corrected chi connectivity index (χ1v) is 8.65. The number of para-hydroxylation sites is 1. The van der Waals surface area contributed by atoms with Gasteiger partial charge in [0.15, 0.2) is 11.5 Å². The zero-order chi connectivity index (χ0) is 20.4. The van der Waals surface area contributed by atoms with Gasteiger partial charge in [0.1, 0.15) is 5.82 Å². The van der Waals surface area contributed by atoms with Gasteiger partial charge in [0.25, 0.3) is 0 Å². The predicted octanol–water partition coefficient (Wildman–Crippen LogP) is 4.80. The van der Waals surface area contributed by atoms with E-state index in [1.54, 1.807) is 23.0 Å². The monoisotopic (exact) mass is 396 g/mol. The van der Waals surface area contributed by atoms with E-state index in [4.69, 9.17) is 0 Å². The van der Waals surface area contributed by atoms with E-state index in [0.717, 1.165) is 17.4 Å². The Morgan fingerprint density at radius 2 is 1.69 bits per heavy atom. The maximum absolute atomic E-state index is 13.4. The van der Waals surface area contributed by atoms with Gasteiger partial charge in [-0.15, -0.1) is 0 Å². The summed E-state index contributed by atoms with van der Waals surface area (Å²) in [5, 5.41) is 7.25. The summed E-state index contributed by atoms with van der Waals surface area (Å²) in [6.07, 6.45) is -0.117. The molecule has 0 bridgehead atoms. The maximum atomic E-state index is 13.4. The van der Waals surface area contributed by atoms with Crippen LogP contribution >= 0.6 is 0 Å². The van der Waals surface area contributed by atoms with E-state index < -0.39 is 11.9 Å². The third-order valence-corrected chi connectivity index (χ3v) is 4.23. The van der Waals surface area contributed by atoms with E-state index in [9.17, 15) is 13.2 Å². The molecule has 9 heteroatoms. The lowest BCUT2D eigenvalue weighted by atomic mass is 10.2. The van der Waals surface area contributed by atoms with Gasteiger partial charge in [-0.2, -0.15) is 18.3 Å². The molecular formula is C20H15F3N6. The molecular weight excluding hydrogens is 381 g/mol. The summed E-state index contributed by atoms with van der Waals surface area (Å²) >= 11 is 0. The number of nitrogens with one attached hydrogen (secondary N) is 1. The van der Waals surface area contributed by atoms with Crippen LogP contribution in [0.15, 0.2) is 67.1 Å². The highest BCUT2D eigenvalue weighted by molar-refractivity contribution is 5.63. The second-order valence-electron chi connectivity index (χ2n) is 6.21. The van der Waals surface area contributed by atoms with Crippen LogP contribution in [0.4, 0.5) is 24.7 Å². The smallest absolute Gasteiger partial charge is 0.337 e. The highest BCUT2D eigenvalue weighted by Crippen LogP contribution is 2.32. The standard InChI is InChI=1S/C20H15F3N6/c1-13-16(12-25-29(13)15-5-3-2-4-6-15)26-18-11-17(20(21,22)23)27-19(28-18)14-7-9-24-10-8-14/h2-12H,1H3,(H,26,27,28). The summed E-state index contributed by atoms with van der Waals surface area (Å²) in [6, 6.07) is 13.4. The van der Waals surface area contributed by atoms with Crippen molar-refractivity contribution in [3.05, 3.63) is 78.5 Å². The number of rotatable bonds is 4. The topological polar surface area (TPSA) is 68.5 Å². The fourth-order valence-corrected chi connectivity index (χ4v) is 2.79. The molecule has 29 heavy (non-hydrogen) atoms. The van der Waals surface area contributed by atoms with Crippen molar-refractivity contribution in [2.75, 3.05) is 5.32 Å². The summed E-state index contributed by atoms with van der Waals surface area (Å²) in [5.41, 5.74) is 1.52. The quantitative estimate of drug-likeness (QED) is 0.537. The molecule has 0 saturated heterocycles. The average Bonchev–Trinajstić information content (AvgIpc) is 3.08. The minimum Gasteiger partial charge on any atom is -0.337 e. The van der Waals surface area contributed by atoms with Gasteiger partial charge >= 0.3 is 6.18 Å².